The van der Waals surface area contributed by atoms with Crippen molar-refractivity contribution in [2.75, 3.05) is 5.75 Å². The summed E-state index contributed by atoms with van der Waals surface area (Å²) >= 11 is 7.12. The van der Waals surface area contributed by atoms with Crippen LogP contribution in [0.4, 0.5) is 0 Å². The zero-order valence-corrected chi connectivity index (χ0v) is 8.94. The van der Waals surface area contributed by atoms with E-state index in [0.717, 1.165) is 4.90 Å². The van der Waals surface area contributed by atoms with Crippen molar-refractivity contribution in [2.24, 2.45) is 0 Å². The minimum absolute atomic E-state index is 0.291. The van der Waals surface area contributed by atoms with E-state index in [0.29, 0.717) is 16.3 Å². The van der Waals surface area contributed by atoms with Crippen LogP contribution in [0.3, 0.4) is 0 Å². The molecule has 0 heterocycles. The first-order valence-corrected chi connectivity index (χ1v) is 5.25. The number of halogens is 1. The zero-order valence-electron chi connectivity index (χ0n) is 7.37. The molecule has 74 valence electrons. The molecule has 14 heavy (non-hydrogen) atoms. The van der Waals surface area contributed by atoms with Crippen LogP contribution < -0.4 is 0 Å². The van der Waals surface area contributed by atoms with Crippen molar-refractivity contribution in [1.82, 2.24) is 0 Å². The van der Waals surface area contributed by atoms with Gasteiger partial charge < -0.3 is 5.11 Å². The van der Waals surface area contributed by atoms with Crippen LogP contribution in [-0.2, 0) is 0 Å². The van der Waals surface area contributed by atoms with E-state index in [2.05, 4.69) is 6.58 Å². The normalized spacial score (nSPS) is 9.79. The molecule has 0 spiro atoms. The van der Waals surface area contributed by atoms with Gasteiger partial charge in [-0.05, 0) is 24.3 Å². The number of carboxylic acid groups (broad SMARTS) is 1. The lowest BCUT2D eigenvalue weighted by molar-refractivity contribution is 0.0697. The molecule has 0 aliphatic rings. The zero-order chi connectivity index (χ0) is 10.6. The molecule has 1 N–H and O–H groups in total. The third-order valence-corrected chi connectivity index (χ3v) is 2.89. The first-order chi connectivity index (χ1) is 6.59. The van der Waals surface area contributed by atoms with Crippen molar-refractivity contribution < 1.29 is 9.90 Å². The molecule has 4 heteroatoms. The van der Waals surface area contributed by atoms with Gasteiger partial charge in [-0.15, -0.1) is 11.8 Å². The maximum Gasteiger partial charge on any atom is 0.335 e. The number of hydrogen-bond acceptors (Lipinski definition) is 2. The topological polar surface area (TPSA) is 37.3 Å². The highest BCUT2D eigenvalue weighted by atomic mass is 35.5. The minimum Gasteiger partial charge on any atom is -0.478 e. The number of hydrogen-bond donors (Lipinski definition) is 1. The molecule has 0 amide bonds. The fraction of sp³-hybridized carbons (Fsp3) is 0.100. The van der Waals surface area contributed by atoms with E-state index in [-0.39, 0.29) is 0 Å². The summed E-state index contributed by atoms with van der Waals surface area (Å²) < 4.78 is 0. The molecule has 1 aromatic carbocycles. The second-order valence-corrected chi connectivity index (χ2v) is 4.22. The van der Waals surface area contributed by atoms with Crippen LogP contribution in [0.1, 0.15) is 10.4 Å². The molecular formula is C10H9ClO2S. The molecule has 0 aliphatic heterocycles. The first-order valence-electron chi connectivity index (χ1n) is 3.89. The maximum atomic E-state index is 10.5. The average Bonchev–Trinajstić information content (AvgIpc) is 2.15. The molecule has 0 bridgehead atoms. The fourth-order valence-corrected chi connectivity index (χ4v) is 1.67. The molecule has 0 aliphatic carbocycles. The average molecular weight is 229 g/mol. The lowest BCUT2D eigenvalue weighted by Crippen LogP contribution is -1.94. The summed E-state index contributed by atoms with van der Waals surface area (Å²) in [6.45, 7) is 3.57. The third kappa shape index (κ3) is 3.44. The number of thioether (sulfide) groups is 1. The summed E-state index contributed by atoms with van der Waals surface area (Å²) in [5.74, 6) is -0.281. The smallest absolute Gasteiger partial charge is 0.335 e. The number of carboxylic acids is 1. The van der Waals surface area contributed by atoms with Gasteiger partial charge in [-0.3, -0.25) is 0 Å². The summed E-state index contributed by atoms with van der Waals surface area (Å²) in [7, 11) is 0. The Kier molecular flexibility index (Phi) is 4.04. The van der Waals surface area contributed by atoms with Gasteiger partial charge in [0, 0.05) is 15.7 Å². The third-order valence-electron chi connectivity index (χ3n) is 1.50. The number of rotatable bonds is 4. The van der Waals surface area contributed by atoms with Crippen molar-refractivity contribution in [3.63, 3.8) is 0 Å². The second-order valence-electron chi connectivity index (χ2n) is 2.64. The molecule has 1 rings (SSSR count). The molecule has 0 radical (unpaired) electrons. The van der Waals surface area contributed by atoms with E-state index in [4.69, 9.17) is 16.7 Å². The minimum atomic E-state index is -0.914. The van der Waals surface area contributed by atoms with Crippen LogP contribution in [0.2, 0.25) is 0 Å². The Morgan fingerprint density at radius 3 is 2.43 bits per heavy atom. The Morgan fingerprint density at radius 2 is 2.00 bits per heavy atom. The summed E-state index contributed by atoms with van der Waals surface area (Å²) in [5.41, 5.74) is 0.291. The Morgan fingerprint density at radius 1 is 1.43 bits per heavy atom. The fourth-order valence-electron chi connectivity index (χ4n) is 0.855. The van der Waals surface area contributed by atoms with Crippen molar-refractivity contribution in [2.45, 2.75) is 4.90 Å². The molecule has 0 saturated heterocycles. The largest absolute Gasteiger partial charge is 0.478 e. The molecule has 0 atom stereocenters. The highest BCUT2D eigenvalue weighted by Crippen LogP contribution is 2.21. The lowest BCUT2D eigenvalue weighted by Gasteiger charge is -2.00. The quantitative estimate of drug-likeness (QED) is 0.804. The number of carbonyl (C=O) groups is 1. The van der Waals surface area contributed by atoms with Gasteiger partial charge in [-0.2, -0.15) is 0 Å². The monoisotopic (exact) mass is 228 g/mol. The molecular weight excluding hydrogens is 220 g/mol. The summed E-state index contributed by atoms with van der Waals surface area (Å²) in [6.07, 6.45) is 0. The predicted molar refractivity (Wildman–Crippen MR) is 59.1 cm³/mol. The molecule has 0 saturated carbocycles. The molecule has 0 unspecified atom stereocenters. The molecule has 1 aromatic rings. The standard InChI is InChI=1S/C10H9ClO2S/c1-7(11)6-14-9-4-2-8(3-5-9)10(12)13/h2-5H,1,6H2,(H,12,13). The van der Waals surface area contributed by atoms with Gasteiger partial charge in [0.25, 0.3) is 0 Å². The number of benzene rings is 1. The predicted octanol–water partition coefficient (Wildman–Crippen LogP) is 3.23. The van der Waals surface area contributed by atoms with Crippen LogP contribution in [0.25, 0.3) is 0 Å². The van der Waals surface area contributed by atoms with Crippen LogP contribution in [-0.4, -0.2) is 16.8 Å². The van der Waals surface area contributed by atoms with E-state index in [1.165, 1.54) is 11.8 Å². The van der Waals surface area contributed by atoms with E-state index in [1.54, 1.807) is 24.3 Å². The molecule has 0 aromatic heterocycles. The van der Waals surface area contributed by atoms with Crippen LogP contribution >= 0.6 is 23.4 Å². The van der Waals surface area contributed by atoms with Gasteiger partial charge >= 0.3 is 5.97 Å². The lowest BCUT2D eigenvalue weighted by atomic mass is 10.2. The van der Waals surface area contributed by atoms with Gasteiger partial charge in [-0.1, -0.05) is 18.2 Å². The van der Waals surface area contributed by atoms with Crippen molar-refractivity contribution in [3.05, 3.63) is 41.4 Å². The maximum absolute atomic E-state index is 10.5. The van der Waals surface area contributed by atoms with E-state index < -0.39 is 5.97 Å². The number of aromatic carboxylic acids is 1. The highest BCUT2D eigenvalue weighted by molar-refractivity contribution is 7.99. The molecule has 2 nitrogen and oxygen atoms in total. The van der Waals surface area contributed by atoms with Crippen molar-refractivity contribution in [1.29, 1.82) is 0 Å². The van der Waals surface area contributed by atoms with Gasteiger partial charge in [0.1, 0.15) is 0 Å². The first kappa shape index (κ1) is 11.1. The Hall–Kier alpha value is -0.930. The van der Waals surface area contributed by atoms with E-state index in [9.17, 15) is 4.79 Å². The Labute approximate surface area is 91.6 Å². The van der Waals surface area contributed by atoms with E-state index in [1.807, 2.05) is 0 Å². The van der Waals surface area contributed by atoms with Gasteiger partial charge in [0.15, 0.2) is 0 Å². The Bertz CT molecular complexity index is 346. The summed E-state index contributed by atoms with van der Waals surface area (Å²) in [4.78, 5) is 11.5. The van der Waals surface area contributed by atoms with Gasteiger partial charge in [0.05, 0.1) is 5.56 Å². The summed E-state index contributed by atoms with van der Waals surface area (Å²) in [5, 5.41) is 9.23. The van der Waals surface area contributed by atoms with Gasteiger partial charge in [0.2, 0.25) is 0 Å². The van der Waals surface area contributed by atoms with Crippen molar-refractivity contribution >= 4 is 29.3 Å². The van der Waals surface area contributed by atoms with Crippen LogP contribution in [0, 0.1) is 0 Å². The Balaban J connectivity index is 2.64. The van der Waals surface area contributed by atoms with Crippen LogP contribution in [0.15, 0.2) is 40.8 Å². The summed E-state index contributed by atoms with van der Waals surface area (Å²) in [6, 6.07) is 6.66. The highest BCUT2D eigenvalue weighted by Gasteiger charge is 2.01. The molecule has 0 fully saturated rings. The van der Waals surface area contributed by atoms with Crippen molar-refractivity contribution in [3.8, 4) is 0 Å². The van der Waals surface area contributed by atoms with E-state index >= 15 is 0 Å². The second kappa shape index (κ2) is 5.08. The van der Waals surface area contributed by atoms with Gasteiger partial charge in [-0.25, -0.2) is 4.79 Å². The SMILES string of the molecule is C=C(Cl)CSc1ccc(C(=O)O)cc1. The van der Waals surface area contributed by atoms with Crippen LogP contribution in [0.5, 0.6) is 0 Å².